The standard InChI is InChI=1S/C24H20Cl2F3N3O3S/c1-3-34-32(11-19-12-36-13-30-19)22(33)20-5-4-15(6-14(20)2)21-10-23(35-31-21,24(27,28)29)16-7-17(25)9-18(26)8-16/h4-9,12-13H,3,10-11H2,1-2H3. The maximum absolute atomic E-state index is 14.3. The highest BCUT2D eigenvalue weighted by molar-refractivity contribution is 7.07. The van der Waals surface area contributed by atoms with Crippen LogP contribution in [0.5, 0.6) is 0 Å². The van der Waals surface area contributed by atoms with Crippen LogP contribution in [0.15, 0.2) is 52.4 Å². The number of aryl methyl sites for hydroxylation is 1. The Labute approximate surface area is 219 Å². The predicted molar refractivity (Wildman–Crippen MR) is 131 cm³/mol. The minimum absolute atomic E-state index is 0.0494. The maximum Gasteiger partial charge on any atom is 0.435 e. The van der Waals surface area contributed by atoms with Gasteiger partial charge in [-0.15, -0.1) is 11.3 Å². The Kier molecular flexibility index (Phi) is 7.61. The molecule has 3 aromatic rings. The van der Waals surface area contributed by atoms with E-state index in [1.54, 1.807) is 25.4 Å². The molecular weight excluding hydrogens is 538 g/mol. The number of aromatic nitrogens is 1. The van der Waals surface area contributed by atoms with Crippen molar-refractivity contribution in [2.75, 3.05) is 6.61 Å². The van der Waals surface area contributed by atoms with Crippen LogP contribution in [0, 0.1) is 6.92 Å². The summed E-state index contributed by atoms with van der Waals surface area (Å²) in [5, 5.41) is 6.90. The van der Waals surface area contributed by atoms with Crippen molar-refractivity contribution < 1.29 is 27.6 Å². The number of hydrogen-bond donors (Lipinski definition) is 0. The molecular formula is C24H20Cl2F3N3O3S. The van der Waals surface area contributed by atoms with Gasteiger partial charge in [0.15, 0.2) is 0 Å². The average molecular weight is 558 g/mol. The lowest BCUT2D eigenvalue weighted by atomic mass is 9.86. The molecule has 4 rings (SSSR count). The van der Waals surface area contributed by atoms with Crippen molar-refractivity contribution in [3.63, 3.8) is 0 Å². The van der Waals surface area contributed by atoms with Crippen LogP contribution >= 0.6 is 34.5 Å². The predicted octanol–water partition coefficient (Wildman–Crippen LogP) is 6.93. The first-order valence-corrected chi connectivity index (χ1v) is 12.4. The van der Waals surface area contributed by atoms with Crippen LogP contribution in [-0.4, -0.2) is 34.4 Å². The number of thiazole rings is 1. The number of oxime groups is 1. The molecule has 0 saturated carbocycles. The molecule has 0 N–H and O–H groups in total. The molecule has 1 amide bonds. The van der Waals surface area contributed by atoms with Crippen molar-refractivity contribution in [3.05, 3.63) is 85.3 Å². The van der Waals surface area contributed by atoms with Gasteiger partial charge in [-0.05, 0) is 55.3 Å². The molecule has 12 heteroatoms. The summed E-state index contributed by atoms with van der Waals surface area (Å²) in [5.74, 6) is -0.392. The van der Waals surface area contributed by atoms with Gasteiger partial charge in [0.25, 0.3) is 11.5 Å². The van der Waals surface area contributed by atoms with Crippen LogP contribution < -0.4 is 0 Å². The molecule has 0 bridgehead atoms. The van der Waals surface area contributed by atoms with E-state index in [1.165, 1.54) is 34.6 Å². The van der Waals surface area contributed by atoms with Crippen molar-refractivity contribution in [1.82, 2.24) is 10.0 Å². The van der Waals surface area contributed by atoms with Gasteiger partial charge in [-0.2, -0.15) is 13.2 Å². The van der Waals surface area contributed by atoms with Crippen LogP contribution in [0.3, 0.4) is 0 Å². The summed E-state index contributed by atoms with van der Waals surface area (Å²) in [7, 11) is 0. The highest BCUT2D eigenvalue weighted by Gasteiger charge is 2.62. The Hall–Kier alpha value is -2.66. The fourth-order valence-electron chi connectivity index (χ4n) is 3.86. The zero-order chi connectivity index (χ0) is 26.1. The monoisotopic (exact) mass is 557 g/mol. The van der Waals surface area contributed by atoms with Crippen LogP contribution in [0.1, 0.15) is 46.1 Å². The molecule has 2 heterocycles. The van der Waals surface area contributed by atoms with E-state index in [0.717, 1.165) is 12.1 Å². The third-order valence-electron chi connectivity index (χ3n) is 5.61. The van der Waals surface area contributed by atoms with Crippen molar-refractivity contribution >= 4 is 46.2 Å². The molecule has 6 nitrogen and oxygen atoms in total. The lowest BCUT2D eigenvalue weighted by Gasteiger charge is -2.29. The molecule has 1 atom stereocenters. The summed E-state index contributed by atoms with van der Waals surface area (Å²) in [6.45, 7) is 3.88. The molecule has 1 unspecified atom stereocenters. The first-order chi connectivity index (χ1) is 17.0. The molecule has 1 aliphatic heterocycles. The molecule has 2 aromatic carbocycles. The van der Waals surface area contributed by atoms with Crippen molar-refractivity contribution in [1.29, 1.82) is 0 Å². The fraction of sp³-hybridized carbons (Fsp3) is 0.292. The van der Waals surface area contributed by atoms with Gasteiger partial charge in [0.05, 0.1) is 30.1 Å². The highest BCUT2D eigenvalue weighted by atomic mass is 35.5. The lowest BCUT2D eigenvalue weighted by molar-refractivity contribution is -0.275. The number of rotatable bonds is 7. The summed E-state index contributed by atoms with van der Waals surface area (Å²) < 4.78 is 42.8. The fourth-order valence-corrected chi connectivity index (χ4v) is 4.93. The third-order valence-corrected chi connectivity index (χ3v) is 6.68. The number of hydrogen-bond acceptors (Lipinski definition) is 6. The number of halogens is 5. The molecule has 1 aliphatic rings. The number of hydroxylamine groups is 2. The summed E-state index contributed by atoms with van der Waals surface area (Å²) >= 11 is 13.3. The van der Waals surface area contributed by atoms with Gasteiger partial charge in [-0.3, -0.25) is 9.63 Å². The van der Waals surface area contributed by atoms with E-state index in [4.69, 9.17) is 32.9 Å². The van der Waals surface area contributed by atoms with Gasteiger partial charge in [-0.25, -0.2) is 10.0 Å². The van der Waals surface area contributed by atoms with E-state index in [1.807, 2.05) is 5.38 Å². The van der Waals surface area contributed by atoms with Crippen LogP contribution in [-0.2, 0) is 21.8 Å². The third kappa shape index (κ3) is 5.22. The Morgan fingerprint density at radius 2 is 1.94 bits per heavy atom. The quantitative estimate of drug-likeness (QED) is 0.295. The molecule has 36 heavy (non-hydrogen) atoms. The van der Waals surface area contributed by atoms with Crippen molar-refractivity contribution in [2.45, 2.75) is 38.6 Å². The van der Waals surface area contributed by atoms with Crippen LogP contribution in [0.4, 0.5) is 13.2 Å². The molecule has 0 saturated heterocycles. The maximum atomic E-state index is 14.3. The Morgan fingerprint density at radius 1 is 1.22 bits per heavy atom. The summed E-state index contributed by atoms with van der Waals surface area (Å²) in [6.07, 6.45) is -5.39. The van der Waals surface area contributed by atoms with E-state index in [9.17, 15) is 18.0 Å². The zero-order valence-corrected chi connectivity index (χ0v) is 21.4. The van der Waals surface area contributed by atoms with Gasteiger partial charge >= 0.3 is 6.18 Å². The second-order valence-corrected chi connectivity index (χ2v) is 9.65. The molecule has 0 spiro atoms. The Bertz CT molecular complexity index is 1280. The number of alkyl halides is 3. The second-order valence-electron chi connectivity index (χ2n) is 8.06. The number of carbonyl (C=O) groups excluding carboxylic acids is 1. The SMILES string of the molecule is CCON(Cc1cscn1)C(=O)c1ccc(C2=NOC(c3cc(Cl)cc(Cl)c3)(C(F)(F)F)C2)cc1C. The van der Waals surface area contributed by atoms with E-state index < -0.39 is 24.1 Å². The second kappa shape index (κ2) is 10.4. The summed E-state index contributed by atoms with van der Waals surface area (Å²) in [6, 6.07) is 8.33. The van der Waals surface area contributed by atoms with Gasteiger partial charge in [0.1, 0.15) is 0 Å². The lowest BCUT2D eigenvalue weighted by Crippen LogP contribution is -2.42. The van der Waals surface area contributed by atoms with Gasteiger partial charge in [0.2, 0.25) is 0 Å². The largest absolute Gasteiger partial charge is 0.435 e. The number of nitrogens with zero attached hydrogens (tertiary/aromatic N) is 3. The summed E-state index contributed by atoms with van der Waals surface area (Å²) in [5.41, 5.74) is 0.706. The molecule has 1 aromatic heterocycles. The first kappa shape index (κ1) is 26.4. The summed E-state index contributed by atoms with van der Waals surface area (Å²) in [4.78, 5) is 27.9. The average Bonchev–Trinajstić information content (AvgIpc) is 3.48. The molecule has 190 valence electrons. The van der Waals surface area contributed by atoms with Gasteiger partial charge in [-0.1, -0.05) is 34.4 Å². The van der Waals surface area contributed by atoms with Crippen LogP contribution in [0.2, 0.25) is 10.0 Å². The Morgan fingerprint density at radius 3 is 2.53 bits per heavy atom. The van der Waals surface area contributed by atoms with Gasteiger partial charge < -0.3 is 4.84 Å². The normalized spacial score (nSPS) is 17.6. The minimum Gasteiger partial charge on any atom is -0.374 e. The van der Waals surface area contributed by atoms with Gasteiger partial charge in [0, 0.05) is 33.0 Å². The highest BCUT2D eigenvalue weighted by Crippen LogP contribution is 2.49. The molecule has 0 fully saturated rings. The van der Waals surface area contributed by atoms with Crippen LogP contribution in [0.25, 0.3) is 0 Å². The van der Waals surface area contributed by atoms with E-state index in [0.29, 0.717) is 22.4 Å². The number of carbonyl (C=O) groups is 1. The number of amides is 1. The smallest absolute Gasteiger partial charge is 0.374 e. The zero-order valence-electron chi connectivity index (χ0n) is 19.1. The Balaban J connectivity index is 1.60. The minimum atomic E-state index is -4.80. The number of benzene rings is 2. The first-order valence-electron chi connectivity index (χ1n) is 10.8. The van der Waals surface area contributed by atoms with E-state index >= 15 is 0 Å². The van der Waals surface area contributed by atoms with E-state index in [-0.39, 0.29) is 34.5 Å². The van der Waals surface area contributed by atoms with E-state index in [2.05, 4.69) is 10.1 Å². The topological polar surface area (TPSA) is 64.0 Å². The molecule has 0 radical (unpaired) electrons. The molecule has 0 aliphatic carbocycles. The van der Waals surface area contributed by atoms with Crippen molar-refractivity contribution in [2.24, 2.45) is 5.16 Å². The van der Waals surface area contributed by atoms with Crippen molar-refractivity contribution in [3.8, 4) is 0 Å².